The lowest BCUT2D eigenvalue weighted by molar-refractivity contribution is 0.414. The van der Waals surface area contributed by atoms with Crippen LogP contribution in [-0.4, -0.2) is 25.7 Å². The molecule has 0 unspecified atom stereocenters. The van der Waals surface area contributed by atoms with Gasteiger partial charge in [-0.05, 0) is 53.4 Å². The minimum absolute atomic E-state index is 0.0267. The number of benzene rings is 5. The van der Waals surface area contributed by atoms with Gasteiger partial charge in [0.2, 0.25) is 0 Å². The van der Waals surface area contributed by atoms with Gasteiger partial charge in [-0.15, -0.1) is 0 Å². The summed E-state index contributed by atoms with van der Waals surface area (Å²) in [6, 6.07) is 25.4. The minimum atomic E-state index is -3.92. The predicted molar refractivity (Wildman–Crippen MR) is 134 cm³/mol. The zero-order chi connectivity index (χ0) is 23.9. The van der Waals surface area contributed by atoms with Crippen LogP contribution in [0.2, 0.25) is 0 Å². The quantitative estimate of drug-likeness (QED) is 0.278. The van der Waals surface area contributed by atoms with Crippen LogP contribution in [0.1, 0.15) is 0 Å². The van der Waals surface area contributed by atoms with Gasteiger partial charge in [0.25, 0.3) is 10.0 Å². The molecule has 5 aromatic rings. The van der Waals surface area contributed by atoms with Crippen molar-refractivity contribution in [1.29, 1.82) is 0 Å². The molecule has 0 amide bonds. The highest BCUT2D eigenvalue weighted by atomic mass is 32.2. The molecule has 0 radical (unpaired) electrons. The summed E-state index contributed by atoms with van der Waals surface area (Å²) in [6.07, 6.45) is 0. The van der Waals surface area contributed by atoms with E-state index in [1.165, 1.54) is 19.2 Å². The van der Waals surface area contributed by atoms with Crippen molar-refractivity contribution in [1.82, 2.24) is 0 Å². The maximum absolute atomic E-state index is 13.2. The zero-order valence-corrected chi connectivity index (χ0v) is 19.0. The molecule has 0 heterocycles. The van der Waals surface area contributed by atoms with Crippen LogP contribution in [0.3, 0.4) is 0 Å². The number of anilines is 1. The number of rotatable bonds is 5. The Morgan fingerprint density at radius 2 is 1.32 bits per heavy atom. The number of phenolic OH excluding ortho intramolecular Hbond substituents is 2. The Hall–Kier alpha value is -4.23. The number of nitrogens with one attached hydrogen (secondary N) is 1. The fourth-order valence-corrected chi connectivity index (χ4v) is 5.20. The van der Waals surface area contributed by atoms with Crippen molar-refractivity contribution in [3.63, 3.8) is 0 Å². The maximum atomic E-state index is 13.2. The van der Waals surface area contributed by atoms with E-state index in [0.29, 0.717) is 38.7 Å². The van der Waals surface area contributed by atoms with Crippen LogP contribution < -0.4 is 9.46 Å². The molecule has 0 aromatic heterocycles. The van der Waals surface area contributed by atoms with Gasteiger partial charge >= 0.3 is 0 Å². The lowest BCUT2D eigenvalue weighted by atomic mass is 9.94. The Labute approximate surface area is 196 Å². The van der Waals surface area contributed by atoms with Crippen molar-refractivity contribution < 1.29 is 23.4 Å². The number of fused-ring (bicyclic) bond motifs is 2. The van der Waals surface area contributed by atoms with Gasteiger partial charge in [0.1, 0.15) is 17.2 Å². The minimum Gasteiger partial charge on any atom is -0.507 e. The third-order valence-corrected chi connectivity index (χ3v) is 7.20. The molecule has 5 rings (SSSR count). The van der Waals surface area contributed by atoms with Gasteiger partial charge in [0, 0.05) is 21.7 Å². The number of ether oxygens (including phenoxy) is 1. The Morgan fingerprint density at radius 3 is 2.00 bits per heavy atom. The Balaban J connectivity index is 1.71. The maximum Gasteiger partial charge on any atom is 0.261 e. The number of hydrogen-bond donors (Lipinski definition) is 3. The molecule has 0 spiro atoms. The first kappa shape index (κ1) is 21.6. The molecule has 34 heavy (non-hydrogen) atoms. The van der Waals surface area contributed by atoms with E-state index >= 15 is 0 Å². The molecule has 0 aliphatic rings. The fourth-order valence-electron chi connectivity index (χ4n) is 4.13. The fraction of sp³-hybridized carbons (Fsp3) is 0.0370. The Kier molecular flexibility index (Phi) is 5.26. The highest BCUT2D eigenvalue weighted by Gasteiger charge is 2.20. The van der Waals surface area contributed by atoms with E-state index in [2.05, 4.69) is 4.72 Å². The second-order valence-corrected chi connectivity index (χ2v) is 9.51. The Bertz CT molecular complexity index is 1640. The van der Waals surface area contributed by atoms with Crippen LogP contribution >= 0.6 is 0 Å². The topological polar surface area (TPSA) is 95.9 Å². The van der Waals surface area contributed by atoms with Gasteiger partial charge in [-0.1, -0.05) is 48.5 Å². The van der Waals surface area contributed by atoms with E-state index in [9.17, 15) is 18.6 Å². The molecule has 7 heteroatoms. The van der Waals surface area contributed by atoms with E-state index < -0.39 is 10.0 Å². The standard InChI is InChI=1S/C27H21NO5S/c1-33-17-10-12-18(13-11-17)34(31,32)28-25-16-24(27(30)23-9-5-3-7-21(23)25)20-14-15-26(29)22-8-4-2-6-19(20)22/h2-16,28-30H,1H3. The van der Waals surface area contributed by atoms with Gasteiger partial charge in [-0.3, -0.25) is 4.72 Å². The van der Waals surface area contributed by atoms with E-state index in [0.717, 1.165) is 5.39 Å². The van der Waals surface area contributed by atoms with Crippen molar-refractivity contribution in [3.8, 4) is 28.4 Å². The van der Waals surface area contributed by atoms with Crippen LogP contribution in [0.15, 0.2) is 95.9 Å². The van der Waals surface area contributed by atoms with Crippen LogP contribution in [0.4, 0.5) is 5.69 Å². The molecule has 0 saturated carbocycles. The third kappa shape index (κ3) is 3.66. The molecule has 5 aromatic carbocycles. The lowest BCUT2D eigenvalue weighted by Gasteiger charge is -2.17. The molecule has 0 aliphatic heterocycles. The number of hydrogen-bond acceptors (Lipinski definition) is 5. The predicted octanol–water partition coefficient (Wildman–Crippen LogP) is 5.88. The number of aromatic hydroxyl groups is 2. The van der Waals surface area contributed by atoms with Crippen LogP contribution in [-0.2, 0) is 10.0 Å². The summed E-state index contributed by atoms with van der Waals surface area (Å²) in [5.41, 5.74) is 1.44. The molecule has 6 nitrogen and oxygen atoms in total. The number of sulfonamides is 1. The highest BCUT2D eigenvalue weighted by Crippen LogP contribution is 2.44. The second kappa shape index (κ2) is 8.28. The zero-order valence-electron chi connectivity index (χ0n) is 18.2. The molecule has 0 fully saturated rings. The summed E-state index contributed by atoms with van der Waals surface area (Å²) in [7, 11) is -2.41. The highest BCUT2D eigenvalue weighted by molar-refractivity contribution is 7.92. The Morgan fingerprint density at radius 1 is 0.706 bits per heavy atom. The third-order valence-electron chi connectivity index (χ3n) is 5.82. The molecule has 0 aliphatic carbocycles. The van der Waals surface area contributed by atoms with Crippen molar-refractivity contribution in [3.05, 3.63) is 91.0 Å². The molecule has 170 valence electrons. The van der Waals surface area contributed by atoms with E-state index in [-0.39, 0.29) is 16.4 Å². The molecule has 0 saturated heterocycles. The van der Waals surface area contributed by atoms with Gasteiger partial charge < -0.3 is 14.9 Å². The van der Waals surface area contributed by atoms with Gasteiger partial charge in [0.05, 0.1) is 17.7 Å². The number of phenols is 2. The van der Waals surface area contributed by atoms with Gasteiger partial charge in [-0.25, -0.2) is 8.42 Å². The van der Waals surface area contributed by atoms with Crippen molar-refractivity contribution in [2.75, 3.05) is 11.8 Å². The first-order valence-corrected chi connectivity index (χ1v) is 12.0. The first-order chi connectivity index (χ1) is 16.4. The molecule has 0 bridgehead atoms. The van der Waals surface area contributed by atoms with Crippen molar-refractivity contribution in [2.45, 2.75) is 4.90 Å². The SMILES string of the molecule is COc1ccc(S(=O)(=O)Nc2cc(-c3ccc(O)c4ccccc34)c(O)c3ccccc23)cc1. The first-order valence-electron chi connectivity index (χ1n) is 10.5. The van der Waals surface area contributed by atoms with E-state index in [4.69, 9.17) is 4.74 Å². The van der Waals surface area contributed by atoms with Gasteiger partial charge in [0.15, 0.2) is 0 Å². The summed E-state index contributed by atoms with van der Waals surface area (Å²) in [4.78, 5) is 0.0853. The average Bonchev–Trinajstić information content (AvgIpc) is 2.86. The molecule has 0 atom stereocenters. The van der Waals surface area contributed by atoms with E-state index in [1.807, 2.05) is 18.2 Å². The smallest absolute Gasteiger partial charge is 0.261 e. The monoisotopic (exact) mass is 471 g/mol. The summed E-state index contributed by atoms with van der Waals surface area (Å²) in [6.45, 7) is 0. The van der Waals surface area contributed by atoms with Crippen LogP contribution in [0.25, 0.3) is 32.7 Å². The van der Waals surface area contributed by atoms with E-state index in [1.54, 1.807) is 60.7 Å². The number of methoxy groups -OCH3 is 1. The average molecular weight is 472 g/mol. The van der Waals surface area contributed by atoms with Crippen LogP contribution in [0, 0.1) is 0 Å². The molecular formula is C27H21NO5S. The van der Waals surface area contributed by atoms with Crippen molar-refractivity contribution >= 4 is 37.3 Å². The largest absolute Gasteiger partial charge is 0.507 e. The van der Waals surface area contributed by atoms with Crippen molar-refractivity contribution in [2.24, 2.45) is 0 Å². The molecule has 3 N–H and O–H groups in total. The lowest BCUT2D eigenvalue weighted by Crippen LogP contribution is -2.13. The molecular weight excluding hydrogens is 450 g/mol. The second-order valence-electron chi connectivity index (χ2n) is 7.82. The summed E-state index contributed by atoms with van der Waals surface area (Å²) >= 11 is 0. The summed E-state index contributed by atoms with van der Waals surface area (Å²) in [5, 5.41) is 23.9. The summed E-state index contributed by atoms with van der Waals surface area (Å²) in [5.74, 6) is 0.703. The van der Waals surface area contributed by atoms with Crippen LogP contribution in [0.5, 0.6) is 17.2 Å². The summed E-state index contributed by atoms with van der Waals surface area (Å²) < 4.78 is 34.2. The van der Waals surface area contributed by atoms with Gasteiger partial charge in [-0.2, -0.15) is 0 Å². The normalized spacial score (nSPS) is 11.6.